The molecule has 3 aromatic rings. The zero-order chi connectivity index (χ0) is 25.4. The first-order valence-corrected chi connectivity index (χ1v) is 13.6. The van der Waals surface area contributed by atoms with Crippen LogP contribution < -0.4 is 5.32 Å². The highest BCUT2D eigenvalue weighted by Gasteiger charge is 2.26. The fourth-order valence-corrected chi connectivity index (χ4v) is 5.91. The van der Waals surface area contributed by atoms with Crippen LogP contribution in [-0.2, 0) is 14.8 Å². The van der Waals surface area contributed by atoms with Gasteiger partial charge in [-0.15, -0.1) is 0 Å². The third-order valence-electron chi connectivity index (χ3n) is 5.71. The van der Waals surface area contributed by atoms with Crippen LogP contribution in [0.2, 0.25) is 0 Å². The van der Waals surface area contributed by atoms with E-state index in [4.69, 9.17) is 0 Å². The van der Waals surface area contributed by atoms with Crippen LogP contribution >= 0.6 is 0 Å². The van der Waals surface area contributed by atoms with Gasteiger partial charge in [0.2, 0.25) is 15.9 Å². The van der Waals surface area contributed by atoms with Crippen molar-refractivity contribution in [1.29, 1.82) is 0 Å². The van der Waals surface area contributed by atoms with E-state index in [0.29, 0.717) is 18.8 Å². The first-order chi connectivity index (χ1) is 16.7. The Bertz CT molecular complexity index is 1130. The molecule has 0 saturated heterocycles. The minimum atomic E-state index is -3.61. The van der Waals surface area contributed by atoms with Crippen LogP contribution in [0.1, 0.15) is 51.2 Å². The van der Waals surface area contributed by atoms with E-state index in [1.165, 1.54) is 0 Å². The van der Waals surface area contributed by atoms with Gasteiger partial charge in [0, 0.05) is 31.1 Å². The lowest BCUT2D eigenvalue weighted by molar-refractivity contribution is -0.116. The van der Waals surface area contributed by atoms with E-state index >= 15 is 0 Å². The van der Waals surface area contributed by atoms with Crippen molar-refractivity contribution < 1.29 is 13.2 Å². The summed E-state index contributed by atoms with van der Waals surface area (Å²) < 4.78 is 28.0. The lowest BCUT2D eigenvalue weighted by atomic mass is 9.88. The van der Waals surface area contributed by atoms with Crippen molar-refractivity contribution >= 4 is 21.6 Å². The third kappa shape index (κ3) is 7.51. The van der Waals surface area contributed by atoms with Gasteiger partial charge in [-0.05, 0) is 47.2 Å². The molecule has 0 saturated carbocycles. The highest BCUT2D eigenvalue weighted by molar-refractivity contribution is 7.89. The van der Waals surface area contributed by atoms with Crippen molar-refractivity contribution in [3.8, 4) is 0 Å². The second-order valence-corrected chi connectivity index (χ2v) is 11.7. The Morgan fingerprint density at radius 1 is 0.743 bits per heavy atom. The van der Waals surface area contributed by atoms with Gasteiger partial charge in [0.05, 0.1) is 4.90 Å². The van der Waals surface area contributed by atoms with E-state index in [0.717, 1.165) is 11.1 Å². The molecule has 0 aliphatic carbocycles. The smallest absolute Gasteiger partial charge is 0.243 e. The van der Waals surface area contributed by atoms with Gasteiger partial charge >= 0.3 is 0 Å². The van der Waals surface area contributed by atoms with E-state index in [2.05, 4.69) is 5.32 Å². The fourth-order valence-electron chi connectivity index (χ4n) is 4.14. The maximum absolute atomic E-state index is 13.2. The van der Waals surface area contributed by atoms with Crippen LogP contribution in [0.5, 0.6) is 0 Å². The maximum atomic E-state index is 13.2. The van der Waals surface area contributed by atoms with Crippen molar-refractivity contribution in [2.24, 2.45) is 11.8 Å². The van der Waals surface area contributed by atoms with Crippen LogP contribution in [-0.4, -0.2) is 31.7 Å². The lowest BCUT2D eigenvalue weighted by Crippen LogP contribution is -2.37. The summed E-state index contributed by atoms with van der Waals surface area (Å²) in [5, 5.41) is 2.94. The Kier molecular flexibility index (Phi) is 9.24. The van der Waals surface area contributed by atoms with E-state index in [-0.39, 0.29) is 35.0 Å². The van der Waals surface area contributed by atoms with Crippen LogP contribution in [0.3, 0.4) is 0 Å². The highest BCUT2D eigenvalue weighted by Crippen LogP contribution is 2.28. The van der Waals surface area contributed by atoms with Gasteiger partial charge in [0.25, 0.3) is 0 Å². The summed E-state index contributed by atoms with van der Waals surface area (Å²) in [4.78, 5) is 13.2. The van der Waals surface area contributed by atoms with Gasteiger partial charge in [-0.3, -0.25) is 4.79 Å². The summed E-state index contributed by atoms with van der Waals surface area (Å²) in [7, 11) is -3.61. The Morgan fingerprint density at radius 3 is 1.63 bits per heavy atom. The van der Waals surface area contributed by atoms with Crippen molar-refractivity contribution in [2.75, 3.05) is 18.4 Å². The van der Waals surface area contributed by atoms with Gasteiger partial charge in [-0.1, -0.05) is 88.4 Å². The van der Waals surface area contributed by atoms with Gasteiger partial charge in [0.1, 0.15) is 0 Å². The van der Waals surface area contributed by atoms with Gasteiger partial charge in [-0.2, -0.15) is 4.31 Å². The molecule has 0 radical (unpaired) electrons. The molecule has 5 nitrogen and oxygen atoms in total. The standard InChI is InChI=1S/C29H36N2O3S/c1-22(2)20-31(21-23(3)4)35(33,34)27-17-15-26(16-18-27)30-29(32)19-28(24-11-7-5-8-12-24)25-13-9-6-10-14-25/h5-18,22-23,28H,19-21H2,1-4H3,(H,30,32). The number of carbonyl (C=O) groups is 1. The number of anilines is 1. The molecule has 0 atom stereocenters. The van der Waals surface area contributed by atoms with Crippen LogP contribution in [0.25, 0.3) is 0 Å². The van der Waals surface area contributed by atoms with Crippen LogP contribution in [0.15, 0.2) is 89.8 Å². The van der Waals surface area contributed by atoms with Gasteiger partial charge < -0.3 is 5.32 Å². The molecule has 0 unspecified atom stereocenters. The number of nitrogens with one attached hydrogen (secondary N) is 1. The van der Waals surface area contributed by atoms with E-state index in [1.54, 1.807) is 28.6 Å². The molecule has 6 heteroatoms. The molecule has 186 valence electrons. The van der Waals surface area contributed by atoms with Gasteiger partial charge in [0.15, 0.2) is 0 Å². The second-order valence-electron chi connectivity index (χ2n) is 9.76. The Morgan fingerprint density at radius 2 is 1.20 bits per heavy atom. The number of carbonyl (C=O) groups excluding carboxylic acids is 1. The minimum absolute atomic E-state index is 0.0716. The zero-order valence-electron chi connectivity index (χ0n) is 21.0. The molecular weight excluding hydrogens is 456 g/mol. The van der Waals surface area contributed by atoms with Crippen LogP contribution in [0.4, 0.5) is 5.69 Å². The molecule has 0 fully saturated rings. The number of nitrogens with zero attached hydrogens (tertiary/aromatic N) is 1. The minimum Gasteiger partial charge on any atom is -0.326 e. The Hall–Kier alpha value is -2.96. The quantitative estimate of drug-likeness (QED) is 0.349. The third-order valence-corrected chi connectivity index (χ3v) is 7.55. The van der Waals surface area contributed by atoms with Gasteiger partial charge in [-0.25, -0.2) is 8.42 Å². The Balaban J connectivity index is 1.74. The summed E-state index contributed by atoms with van der Waals surface area (Å²) >= 11 is 0. The zero-order valence-corrected chi connectivity index (χ0v) is 21.8. The predicted molar refractivity (Wildman–Crippen MR) is 143 cm³/mol. The van der Waals surface area contributed by atoms with E-state index in [9.17, 15) is 13.2 Å². The SMILES string of the molecule is CC(C)CN(CC(C)C)S(=O)(=O)c1ccc(NC(=O)CC(c2ccccc2)c2ccccc2)cc1. The summed E-state index contributed by atoms with van der Waals surface area (Å²) in [5.41, 5.74) is 2.73. The molecule has 0 aliphatic rings. The molecule has 3 rings (SSSR count). The molecule has 0 heterocycles. The number of hydrogen-bond donors (Lipinski definition) is 1. The lowest BCUT2D eigenvalue weighted by Gasteiger charge is -2.25. The number of benzene rings is 3. The summed E-state index contributed by atoms with van der Waals surface area (Å²) in [6, 6.07) is 26.4. The topological polar surface area (TPSA) is 66.5 Å². The molecule has 1 N–H and O–H groups in total. The van der Waals surface area contributed by atoms with Crippen molar-refractivity contribution in [1.82, 2.24) is 4.31 Å². The molecule has 0 bridgehead atoms. The second kappa shape index (κ2) is 12.1. The molecule has 35 heavy (non-hydrogen) atoms. The summed E-state index contributed by atoms with van der Waals surface area (Å²) in [6.07, 6.45) is 0.282. The average molecular weight is 493 g/mol. The van der Waals surface area contributed by atoms with Crippen molar-refractivity contribution in [2.45, 2.75) is 44.9 Å². The molecule has 0 aromatic heterocycles. The molecular formula is C29H36N2O3S. The number of hydrogen-bond acceptors (Lipinski definition) is 3. The normalized spacial score (nSPS) is 12.0. The maximum Gasteiger partial charge on any atom is 0.243 e. The molecule has 1 amide bonds. The monoisotopic (exact) mass is 492 g/mol. The summed E-state index contributed by atoms with van der Waals surface area (Å²) in [6.45, 7) is 9.00. The van der Waals surface area contributed by atoms with E-state index < -0.39 is 10.0 Å². The highest BCUT2D eigenvalue weighted by atomic mass is 32.2. The number of sulfonamides is 1. The van der Waals surface area contributed by atoms with Crippen LogP contribution in [0, 0.1) is 11.8 Å². The van der Waals surface area contributed by atoms with E-state index in [1.807, 2.05) is 88.4 Å². The number of amides is 1. The first-order valence-electron chi connectivity index (χ1n) is 12.2. The average Bonchev–Trinajstić information content (AvgIpc) is 2.83. The predicted octanol–water partition coefficient (Wildman–Crippen LogP) is 6.15. The molecule has 0 aliphatic heterocycles. The first kappa shape index (κ1) is 26.6. The number of rotatable bonds is 11. The fraction of sp³-hybridized carbons (Fsp3) is 0.345. The van der Waals surface area contributed by atoms with Crippen molar-refractivity contribution in [3.05, 3.63) is 96.1 Å². The Labute approximate surface area is 210 Å². The molecule has 0 spiro atoms. The largest absolute Gasteiger partial charge is 0.326 e. The van der Waals surface area contributed by atoms with Crippen molar-refractivity contribution in [3.63, 3.8) is 0 Å². The molecule has 3 aromatic carbocycles. The summed E-state index contributed by atoms with van der Waals surface area (Å²) in [5.74, 6) is 0.255.